The van der Waals surface area contributed by atoms with E-state index in [1.165, 1.54) is 4.90 Å². The van der Waals surface area contributed by atoms with Gasteiger partial charge in [-0.05, 0) is 57.3 Å². The highest BCUT2D eigenvalue weighted by atomic mass is 16.3. The number of nitrogen functional groups attached to an aromatic ring is 1. The zero-order valence-electron chi connectivity index (χ0n) is 22.9. The zero-order chi connectivity index (χ0) is 29.0. The van der Waals surface area contributed by atoms with E-state index in [1.54, 1.807) is 20.2 Å². The molecule has 4 unspecified atom stereocenters. The quantitative estimate of drug-likeness (QED) is 0.204. The van der Waals surface area contributed by atoms with Crippen LogP contribution in [-0.2, 0) is 25.6 Å². The summed E-state index contributed by atoms with van der Waals surface area (Å²) in [5, 5.41) is 22.6. The molecule has 3 aliphatic rings. The summed E-state index contributed by atoms with van der Waals surface area (Å²) < 4.78 is 0. The number of rotatable bonds is 8. The molecule has 1 amide bonds. The number of benzene rings is 1. The van der Waals surface area contributed by atoms with Crippen LogP contribution in [0.2, 0.25) is 0 Å². The van der Waals surface area contributed by atoms with Gasteiger partial charge in [0.2, 0.25) is 5.91 Å². The van der Waals surface area contributed by atoms with E-state index in [0.29, 0.717) is 24.3 Å². The van der Waals surface area contributed by atoms with Crippen LogP contribution < -0.4 is 16.4 Å². The minimum absolute atomic E-state index is 0.00574. The number of carbonyl (C=O) groups excluding carboxylic acids is 5. The number of hydrogen-bond donors (Lipinski definition) is 4. The predicted octanol–water partition coefficient (Wildman–Crippen LogP) is 0.466. The van der Waals surface area contributed by atoms with Gasteiger partial charge in [-0.15, -0.1) is 0 Å². The molecule has 39 heavy (non-hydrogen) atoms. The average Bonchev–Trinajstić information content (AvgIpc) is 2.85. The van der Waals surface area contributed by atoms with Gasteiger partial charge >= 0.3 is 0 Å². The monoisotopic (exact) mass is 542 g/mol. The van der Waals surface area contributed by atoms with Crippen molar-refractivity contribution in [1.82, 2.24) is 4.90 Å². The molecule has 6 atom stereocenters. The summed E-state index contributed by atoms with van der Waals surface area (Å²) in [6.45, 7) is 5.52. The lowest BCUT2D eigenvalue weighted by molar-refractivity contribution is -0.181. The molecule has 0 saturated heterocycles. The number of ketones is 4. The Morgan fingerprint density at radius 1 is 1.10 bits per heavy atom. The molecule has 0 bridgehead atoms. The van der Waals surface area contributed by atoms with E-state index in [4.69, 9.17) is 11.5 Å². The van der Waals surface area contributed by atoms with Crippen molar-refractivity contribution in [3.05, 3.63) is 17.2 Å². The molecule has 4 rings (SSSR count). The van der Waals surface area contributed by atoms with Crippen LogP contribution in [0, 0.1) is 23.7 Å². The molecule has 0 aliphatic heterocycles. The van der Waals surface area contributed by atoms with Gasteiger partial charge < -0.3 is 26.6 Å². The molecular formula is C28H38N4O7. The third kappa shape index (κ3) is 4.22. The highest BCUT2D eigenvalue weighted by Crippen LogP contribution is 2.52. The third-order valence-corrected chi connectivity index (χ3v) is 8.68. The minimum Gasteiger partial charge on any atom is -0.505 e. The molecule has 6 N–H and O–H groups in total. The van der Waals surface area contributed by atoms with Crippen LogP contribution >= 0.6 is 0 Å². The van der Waals surface area contributed by atoms with E-state index < -0.39 is 70.1 Å². The zero-order valence-corrected chi connectivity index (χ0v) is 22.9. The topological polar surface area (TPSA) is 184 Å². The number of fused-ring (bicyclic) bond motifs is 3. The number of anilines is 2. The minimum atomic E-state index is -2.75. The highest BCUT2D eigenvalue weighted by Gasteiger charge is 2.69. The standard InChI is InChI=1S/C28H38N4O7/c1-5-7-9-32(8-6-2)17-12-16(29)22(33)19-14(17)10-13-11-15-21(31(3)4)24(35)20(27(30)38)26(37)28(15,39)25(36)18(13)23(19)34/h12-13,15,18,20-21,33,39H,5-11,29H2,1-4H3,(H2,30,38)/t13?,15?,18?,20?,21-,28-/m0/s1. The number of nitrogens with zero attached hydrogens (tertiary/aromatic N) is 2. The highest BCUT2D eigenvalue weighted by molar-refractivity contribution is 6.32. The fourth-order valence-electron chi connectivity index (χ4n) is 6.93. The number of Topliss-reactive ketones (excluding diaryl/α,β-unsaturated/α-hetero) is 4. The average molecular weight is 543 g/mol. The van der Waals surface area contributed by atoms with E-state index in [0.717, 1.165) is 19.3 Å². The van der Waals surface area contributed by atoms with Crippen molar-refractivity contribution in [1.29, 1.82) is 0 Å². The number of amides is 1. The molecule has 2 fully saturated rings. The Hall–Kier alpha value is -3.31. The fraction of sp³-hybridized carbons (Fsp3) is 0.607. The molecule has 212 valence electrons. The van der Waals surface area contributed by atoms with Crippen molar-refractivity contribution in [2.45, 2.75) is 57.6 Å². The number of phenols is 1. The number of phenolic OH excluding ortho intramolecular Hbond substituents is 1. The number of nitrogens with two attached hydrogens (primary N) is 2. The van der Waals surface area contributed by atoms with E-state index >= 15 is 0 Å². The first kappa shape index (κ1) is 28.7. The Labute approximate surface area is 227 Å². The summed E-state index contributed by atoms with van der Waals surface area (Å²) in [4.78, 5) is 70.2. The summed E-state index contributed by atoms with van der Waals surface area (Å²) >= 11 is 0. The smallest absolute Gasteiger partial charge is 0.235 e. The Morgan fingerprint density at radius 2 is 1.77 bits per heavy atom. The molecular weight excluding hydrogens is 504 g/mol. The Bertz CT molecular complexity index is 1240. The van der Waals surface area contributed by atoms with Crippen molar-refractivity contribution >= 4 is 40.4 Å². The van der Waals surface area contributed by atoms with Crippen LogP contribution in [0.15, 0.2) is 6.07 Å². The van der Waals surface area contributed by atoms with E-state index in [1.807, 2.05) is 6.92 Å². The van der Waals surface area contributed by atoms with Gasteiger partial charge in [0.15, 0.2) is 34.7 Å². The number of carbonyl (C=O) groups is 5. The molecule has 0 radical (unpaired) electrons. The molecule has 0 spiro atoms. The van der Waals surface area contributed by atoms with Gasteiger partial charge in [-0.1, -0.05) is 20.3 Å². The third-order valence-electron chi connectivity index (χ3n) is 8.68. The van der Waals surface area contributed by atoms with E-state index in [9.17, 15) is 34.2 Å². The number of likely N-dealkylation sites (N-methyl/N-ethyl adjacent to an activating group) is 1. The van der Waals surface area contributed by atoms with Gasteiger partial charge in [0.25, 0.3) is 0 Å². The van der Waals surface area contributed by atoms with Crippen LogP contribution in [0.5, 0.6) is 5.75 Å². The Kier molecular flexibility index (Phi) is 7.61. The summed E-state index contributed by atoms with van der Waals surface area (Å²) in [6.07, 6.45) is 2.91. The SMILES string of the molecule is CCCCN(CCC)c1cc(N)c(O)c2c1CC1CC3[C@H](N(C)C)C(=O)C(C(N)=O)C(=O)[C@@]3(O)C(=O)C1C2=O. The lowest BCUT2D eigenvalue weighted by atomic mass is 9.52. The van der Waals surface area contributed by atoms with Crippen molar-refractivity contribution in [3.63, 3.8) is 0 Å². The van der Waals surface area contributed by atoms with E-state index in [-0.39, 0.29) is 24.1 Å². The van der Waals surface area contributed by atoms with Crippen LogP contribution in [0.3, 0.4) is 0 Å². The molecule has 0 heterocycles. The second kappa shape index (κ2) is 10.3. The molecule has 0 aromatic heterocycles. The van der Waals surface area contributed by atoms with Gasteiger partial charge in [-0.2, -0.15) is 0 Å². The summed E-state index contributed by atoms with van der Waals surface area (Å²) in [5.41, 5.74) is 9.95. The summed E-state index contributed by atoms with van der Waals surface area (Å²) in [6, 6.07) is 0.522. The predicted molar refractivity (Wildman–Crippen MR) is 143 cm³/mol. The fourth-order valence-corrected chi connectivity index (χ4v) is 6.93. The number of aliphatic hydroxyl groups is 1. The number of aromatic hydroxyl groups is 1. The van der Waals surface area contributed by atoms with Crippen molar-refractivity contribution < 1.29 is 34.2 Å². The molecule has 2 saturated carbocycles. The maximum atomic E-state index is 14.0. The molecule has 11 nitrogen and oxygen atoms in total. The van der Waals surface area contributed by atoms with Gasteiger partial charge in [-0.3, -0.25) is 28.9 Å². The van der Waals surface area contributed by atoms with Crippen LogP contribution in [0.4, 0.5) is 11.4 Å². The van der Waals surface area contributed by atoms with E-state index in [2.05, 4.69) is 11.8 Å². The van der Waals surface area contributed by atoms with Gasteiger partial charge in [0.1, 0.15) is 5.75 Å². The van der Waals surface area contributed by atoms with Crippen LogP contribution in [0.1, 0.15) is 55.5 Å². The molecule has 3 aliphatic carbocycles. The Morgan fingerprint density at radius 3 is 2.33 bits per heavy atom. The van der Waals surface area contributed by atoms with Gasteiger partial charge in [0.05, 0.1) is 23.2 Å². The Balaban J connectivity index is 1.87. The number of hydrogen-bond acceptors (Lipinski definition) is 10. The van der Waals surface area contributed by atoms with Crippen molar-refractivity contribution in [2.75, 3.05) is 37.8 Å². The number of unbranched alkanes of at least 4 members (excludes halogenated alkanes) is 1. The maximum Gasteiger partial charge on any atom is 0.235 e. The first-order valence-electron chi connectivity index (χ1n) is 13.6. The van der Waals surface area contributed by atoms with Gasteiger partial charge in [-0.25, -0.2) is 0 Å². The summed E-state index contributed by atoms with van der Waals surface area (Å²) in [7, 11) is 3.12. The molecule has 1 aromatic carbocycles. The number of primary amides is 1. The first-order chi connectivity index (χ1) is 18.3. The molecule has 11 heteroatoms. The van der Waals surface area contributed by atoms with Crippen LogP contribution in [0.25, 0.3) is 0 Å². The van der Waals surface area contributed by atoms with Crippen molar-refractivity contribution in [2.24, 2.45) is 29.4 Å². The molecule has 1 aromatic rings. The maximum absolute atomic E-state index is 14.0. The second-order valence-corrected chi connectivity index (χ2v) is 11.3. The largest absolute Gasteiger partial charge is 0.505 e. The van der Waals surface area contributed by atoms with Crippen molar-refractivity contribution in [3.8, 4) is 5.75 Å². The normalized spacial score (nSPS) is 30.2. The van der Waals surface area contributed by atoms with Gasteiger partial charge in [0, 0.05) is 24.7 Å². The first-order valence-corrected chi connectivity index (χ1v) is 13.6. The second-order valence-electron chi connectivity index (χ2n) is 11.3. The summed E-state index contributed by atoms with van der Waals surface area (Å²) in [5.74, 6) is -10.7. The van der Waals surface area contributed by atoms with Crippen LogP contribution in [-0.4, -0.2) is 83.0 Å². The lowest BCUT2D eigenvalue weighted by Crippen LogP contribution is -2.74. The lowest BCUT2D eigenvalue weighted by Gasteiger charge is -2.52.